The van der Waals surface area contributed by atoms with E-state index in [2.05, 4.69) is 27.0 Å². The second-order valence-electron chi connectivity index (χ2n) is 5.92. The van der Waals surface area contributed by atoms with Crippen LogP contribution in [0.15, 0.2) is 23.2 Å². The largest absolute Gasteiger partial charge is 0.367 e. The van der Waals surface area contributed by atoms with E-state index < -0.39 is 0 Å². The predicted octanol–water partition coefficient (Wildman–Crippen LogP) is 2.07. The first-order valence-corrected chi connectivity index (χ1v) is 9.18. The molecule has 2 aromatic heterocycles. The van der Waals surface area contributed by atoms with Gasteiger partial charge in [0.1, 0.15) is 18.3 Å². The van der Waals surface area contributed by atoms with Crippen molar-refractivity contribution in [1.82, 2.24) is 25.0 Å². The Morgan fingerprint density at radius 3 is 3.12 bits per heavy atom. The second kappa shape index (κ2) is 7.76. The van der Waals surface area contributed by atoms with E-state index in [1.807, 2.05) is 28.7 Å². The van der Waals surface area contributed by atoms with E-state index >= 15 is 0 Å². The van der Waals surface area contributed by atoms with Gasteiger partial charge in [-0.3, -0.25) is 0 Å². The van der Waals surface area contributed by atoms with Crippen LogP contribution in [0.2, 0.25) is 0 Å². The highest BCUT2D eigenvalue weighted by Crippen LogP contribution is 2.26. The molecule has 0 unspecified atom stereocenters. The molecule has 0 spiro atoms. The van der Waals surface area contributed by atoms with Gasteiger partial charge in [-0.15, -0.1) is 10.2 Å². The molecular weight excluding hydrogens is 326 g/mol. The predicted molar refractivity (Wildman–Crippen MR) is 92.0 cm³/mol. The van der Waals surface area contributed by atoms with Crippen molar-refractivity contribution in [3.05, 3.63) is 34.5 Å². The van der Waals surface area contributed by atoms with E-state index in [0.29, 0.717) is 26.2 Å². The van der Waals surface area contributed by atoms with Gasteiger partial charge in [-0.05, 0) is 29.3 Å². The molecule has 2 atom stereocenters. The summed E-state index contributed by atoms with van der Waals surface area (Å²) in [5.41, 5.74) is 1.14. The van der Waals surface area contributed by atoms with Crippen LogP contribution in [0.4, 0.5) is 4.79 Å². The van der Waals surface area contributed by atoms with E-state index in [1.165, 1.54) is 0 Å². The topological polar surface area (TPSA) is 72.3 Å². The molecule has 1 saturated heterocycles. The highest BCUT2D eigenvalue weighted by Gasteiger charge is 2.29. The Morgan fingerprint density at radius 1 is 1.50 bits per heavy atom. The van der Waals surface area contributed by atoms with Crippen molar-refractivity contribution in [3.8, 4) is 0 Å². The molecule has 3 rings (SSSR count). The number of aryl methyl sites for hydroxylation is 1. The number of aromatic nitrogens is 3. The van der Waals surface area contributed by atoms with Crippen LogP contribution in [0.25, 0.3) is 0 Å². The van der Waals surface area contributed by atoms with Crippen molar-refractivity contribution in [2.24, 2.45) is 0 Å². The van der Waals surface area contributed by atoms with Crippen LogP contribution in [-0.4, -0.2) is 51.4 Å². The third-order valence-electron chi connectivity index (χ3n) is 4.10. The number of hydrogen-bond acceptors (Lipinski definition) is 5. The zero-order valence-electron chi connectivity index (χ0n) is 14.0. The normalized spacial score (nSPS) is 21.0. The molecule has 8 heteroatoms. The Balaban J connectivity index is 1.52. The van der Waals surface area contributed by atoms with E-state index in [0.717, 1.165) is 17.8 Å². The van der Waals surface area contributed by atoms with Crippen molar-refractivity contribution in [2.75, 3.05) is 19.6 Å². The third-order valence-corrected chi connectivity index (χ3v) is 4.80. The molecule has 7 nitrogen and oxygen atoms in total. The van der Waals surface area contributed by atoms with Gasteiger partial charge in [0, 0.05) is 26.1 Å². The van der Waals surface area contributed by atoms with Gasteiger partial charge < -0.3 is 19.5 Å². The number of carbonyl (C=O) groups is 1. The SMILES string of the molecule is CCc1nncn1CCNC(=O)N1C[C@@H](c2ccsc2)O[C@@H](C)C1. The monoisotopic (exact) mass is 349 g/mol. The summed E-state index contributed by atoms with van der Waals surface area (Å²) in [6, 6.07) is 2.01. The minimum atomic E-state index is -0.0460. The molecule has 0 aromatic carbocycles. The Morgan fingerprint density at radius 2 is 2.38 bits per heavy atom. The van der Waals surface area contributed by atoms with Crippen LogP contribution in [-0.2, 0) is 17.7 Å². The number of thiophene rings is 1. The summed E-state index contributed by atoms with van der Waals surface area (Å²) in [5, 5.41) is 15.0. The number of rotatable bonds is 5. The van der Waals surface area contributed by atoms with Crippen LogP contribution in [0.5, 0.6) is 0 Å². The van der Waals surface area contributed by atoms with Gasteiger partial charge in [0.05, 0.1) is 12.6 Å². The molecule has 1 N–H and O–H groups in total. The van der Waals surface area contributed by atoms with Gasteiger partial charge in [-0.2, -0.15) is 11.3 Å². The van der Waals surface area contributed by atoms with Crippen molar-refractivity contribution in [3.63, 3.8) is 0 Å². The van der Waals surface area contributed by atoms with Gasteiger partial charge in [-0.25, -0.2) is 4.79 Å². The first-order valence-electron chi connectivity index (χ1n) is 8.24. The molecule has 0 radical (unpaired) electrons. The number of urea groups is 1. The maximum Gasteiger partial charge on any atom is 0.317 e. The summed E-state index contributed by atoms with van der Waals surface area (Å²) in [5.74, 6) is 0.932. The fraction of sp³-hybridized carbons (Fsp3) is 0.562. The molecule has 0 saturated carbocycles. The Labute approximate surface area is 145 Å². The lowest BCUT2D eigenvalue weighted by atomic mass is 10.1. The number of amides is 2. The fourth-order valence-corrected chi connectivity index (χ4v) is 3.60. The molecule has 24 heavy (non-hydrogen) atoms. The van der Waals surface area contributed by atoms with Crippen molar-refractivity contribution >= 4 is 17.4 Å². The zero-order chi connectivity index (χ0) is 16.9. The Kier molecular flexibility index (Phi) is 5.47. The van der Waals surface area contributed by atoms with Gasteiger partial charge >= 0.3 is 6.03 Å². The zero-order valence-corrected chi connectivity index (χ0v) is 14.8. The maximum atomic E-state index is 12.5. The van der Waals surface area contributed by atoms with E-state index in [-0.39, 0.29) is 18.2 Å². The van der Waals surface area contributed by atoms with E-state index in [4.69, 9.17) is 4.74 Å². The highest BCUT2D eigenvalue weighted by atomic mass is 32.1. The third kappa shape index (κ3) is 3.93. The summed E-state index contributed by atoms with van der Waals surface area (Å²) in [6.45, 7) is 6.47. The molecule has 130 valence electrons. The quantitative estimate of drug-likeness (QED) is 0.897. The summed E-state index contributed by atoms with van der Waals surface area (Å²) < 4.78 is 7.94. The molecule has 1 fully saturated rings. The van der Waals surface area contributed by atoms with Crippen LogP contribution in [0.1, 0.15) is 31.3 Å². The first-order chi connectivity index (χ1) is 11.7. The van der Waals surface area contributed by atoms with Crippen LogP contribution in [0, 0.1) is 0 Å². The summed E-state index contributed by atoms with van der Waals surface area (Å²) >= 11 is 1.65. The number of nitrogens with zero attached hydrogens (tertiary/aromatic N) is 4. The van der Waals surface area contributed by atoms with Gasteiger partial charge in [0.25, 0.3) is 0 Å². The number of hydrogen-bond donors (Lipinski definition) is 1. The molecule has 3 heterocycles. The number of morpholine rings is 1. The van der Waals surface area contributed by atoms with Crippen molar-refractivity contribution < 1.29 is 9.53 Å². The number of ether oxygens (including phenoxy) is 1. The van der Waals surface area contributed by atoms with E-state index in [9.17, 15) is 4.79 Å². The average Bonchev–Trinajstić information content (AvgIpc) is 3.25. The lowest BCUT2D eigenvalue weighted by molar-refractivity contribution is -0.0654. The minimum absolute atomic E-state index is 0.0268. The molecule has 0 bridgehead atoms. The average molecular weight is 349 g/mol. The van der Waals surface area contributed by atoms with E-state index in [1.54, 1.807) is 17.7 Å². The van der Waals surface area contributed by atoms with Crippen LogP contribution >= 0.6 is 11.3 Å². The van der Waals surface area contributed by atoms with Gasteiger partial charge in [0.2, 0.25) is 0 Å². The summed E-state index contributed by atoms with van der Waals surface area (Å²) in [4.78, 5) is 14.3. The lowest BCUT2D eigenvalue weighted by Gasteiger charge is -2.36. The lowest BCUT2D eigenvalue weighted by Crippen LogP contribution is -2.50. The van der Waals surface area contributed by atoms with Crippen molar-refractivity contribution in [1.29, 1.82) is 0 Å². The Bertz CT molecular complexity index is 657. The van der Waals surface area contributed by atoms with Crippen LogP contribution in [0.3, 0.4) is 0 Å². The van der Waals surface area contributed by atoms with Crippen molar-refractivity contribution in [2.45, 2.75) is 39.0 Å². The smallest absolute Gasteiger partial charge is 0.317 e. The number of nitrogens with one attached hydrogen (secondary N) is 1. The minimum Gasteiger partial charge on any atom is -0.367 e. The molecule has 0 aliphatic carbocycles. The van der Waals surface area contributed by atoms with Crippen LogP contribution < -0.4 is 5.32 Å². The summed E-state index contributed by atoms with van der Waals surface area (Å²) in [7, 11) is 0. The first kappa shape index (κ1) is 16.9. The van der Waals surface area contributed by atoms with Gasteiger partial charge in [0.15, 0.2) is 0 Å². The highest BCUT2D eigenvalue weighted by molar-refractivity contribution is 7.07. The molecule has 1 aliphatic heterocycles. The number of carbonyl (C=O) groups excluding carboxylic acids is 1. The fourth-order valence-electron chi connectivity index (χ4n) is 2.89. The molecule has 2 aromatic rings. The molecule has 1 aliphatic rings. The molecule has 2 amide bonds. The maximum absolute atomic E-state index is 12.5. The van der Waals surface area contributed by atoms with Gasteiger partial charge in [-0.1, -0.05) is 6.92 Å². The summed E-state index contributed by atoms with van der Waals surface area (Å²) in [6.07, 6.45) is 2.51. The standard InChI is InChI=1S/C16H23N5O2S/c1-3-15-19-18-11-20(15)6-5-17-16(22)21-8-12(2)23-14(9-21)13-4-7-24-10-13/h4,7,10-12,14H,3,5-6,8-9H2,1-2H3,(H,17,22)/t12-,14-/m0/s1. The second-order valence-corrected chi connectivity index (χ2v) is 6.70. The Hall–Kier alpha value is -1.93. The molecular formula is C16H23N5O2S.